The van der Waals surface area contributed by atoms with Crippen molar-refractivity contribution in [2.24, 2.45) is 0 Å². The lowest BCUT2D eigenvalue weighted by atomic mass is 10.2. The molecule has 0 aromatic heterocycles. The van der Waals surface area contributed by atoms with Crippen LogP contribution >= 0.6 is 0 Å². The highest BCUT2D eigenvalue weighted by Gasteiger charge is 2.77. The van der Waals surface area contributed by atoms with Crippen LogP contribution in [0.3, 0.4) is 0 Å². The smallest absolute Gasteiger partial charge is 0.374 e. The molecule has 1 fully saturated rings. The molecule has 1 heterocycles. The van der Waals surface area contributed by atoms with Crippen molar-refractivity contribution in [2.75, 3.05) is 28.4 Å². The van der Waals surface area contributed by atoms with Gasteiger partial charge in [0.15, 0.2) is 0 Å². The summed E-state index contributed by atoms with van der Waals surface area (Å²) in [6.07, 6.45) is 1.95. The van der Waals surface area contributed by atoms with E-state index in [1.807, 2.05) is 0 Å². The highest BCUT2D eigenvalue weighted by Crippen LogP contribution is 2.47. The monoisotopic (exact) mass is 236 g/mol. The van der Waals surface area contributed by atoms with Gasteiger partial charge in [0.05, 0.1) is 0 Å². The van der Waals surface area contributed by atoms with Gasteiger partial charge in [-0.25, -0.2) is 0 Å². The highest BCUT2D eigenvalue weighted by atomic mass is 28.4. The Balaban J connectivity index is 2.81. The van der Waals surface area contributed by atoms with E-state index in [4.69, 9.17) is 22.8 Å². The molecule has 0 saturated carbocycles. The number of methoxy groups -OCH3 is 1. The van der Waals surface area contributed by atoms with E-state index in [9.17, 15) is 0 Å². The van der Waals surface area contributed by atoms with Crippen molar-refractivity contribution in [3.8, 4) is 0 Å². The number of epoxide rings is 1. The van der Waals surface area contributed by atoms with E-state index >= 15 is 0 Å². The molecule has 0 spiro atoms. The van der Waals surface area contributed by atoms with Crippen molar-refractivity contribution in [1.82, 2.24) is 0 Å². The maximum absolute atomic E-state index is 5.60. The third kappa shape index (κ3) is 1.86. The molecule has 5 nitrogen and oxygen atoms in total. The van der Waals surface area contributed by atoms with Crippen molar-refractivity contribution in [1.29, 1.82) is 0 Å². The van der Waals surface area contributed by atoms with Crippen molar-refractivity contribution in [3.05, 3.63) is 0 Å². The quantitative estimate of drug-likeness (QED) is 0.486. The lowest BCUT2D eigenvalue weighted by Gasteiger charge is -2.29. The summed E-state index contributed by atoms with van der Waals surface area (Å²) in [6.45, 7) is 2.09. The van der Waals surface area contributed by atoms with Gasteiger partial charge in [0.1, 0.15) is 6.10 Å². The molecule has 15 heavy (non-hydrogen) atoms. The molecule has 1 rings (SSSR count). The first-order valence-corrected chi connectivity index (χ1v) is 6.77. The van der Waals surface area contributed by atoms with E-state index in [0.29, 0.717) is 0 Å². The summed E-state index contributed by atoms with van der Waals surface area (Å²) in [7, 11) is 3.39. The summed E-state index contributed by atoms with van der Waals surface area (Å²) in [5.41, 5.74) is -0.804. The number of hydrogen-bond donors (Lipinski definition) is 0. The largest absolute Gasteiger partial charge is 0.565 e. The molecule has 0 amide bonds. The van der Waals surface area contributed by atoms with E-state index in [0.717, 1.165) is 12.8 Å². The molecular weight excluding hydrogens is 216 g/mol. The average molecular weight is 236 g/mol. The fourth-order valence-corrected chi connectivity index (χ4v) is 4.37. The van der Waals surface area contributed by atoms with Gasteiger partial charge >= 0.3 is 8.80 Å². The van der Waals surface area contributed by atoms with Gasteiger partial charge in [0.2, 0.25) is 0 Å². The molecule has 2 atom stereocenters. The highest BCUT2D eigenvalue weighted by molar-refractivity contribution is 6.64. The van der Waals surface area contributed by atoms with E-state index in [1.165, 1.54) is 0 Å². The summed E-state index contributed by atoms with van der Waals surface area (Å²) >= 11 is 0. The fraction of sp³-hybridized carbons (Fsp3) is 1.00. The van der Waals surface area contributed by atoms with Crippen molar-refractivity contribution >= 4 is 8.80 Å². The first-order chi connectivity index (χ1) is 7.16. The molecule has 0 bridgehead atoms. The lowest BCUT2D eigenvalue weighted by molar-refractivity contribution is -0.0324. The van der Waals surface area contributed by atoms with Crippen LogP contribution in [0.15, 0.2) is 0 Å². The minimum Gasteiger partial charge on any atom is -0.374 e. The van der Waals surface area contributed by atoms with Gasteiger partial charge < -0.3 is 22.8 Å². The van der Waals surface area contributed by atoms with Crippen LogP contribution in [-0.2, 0) is 22.8 Å². The van der Waals surface area contributed by atoms with Crippen molar-refractivity contribution < 1.29 is 22.8 Å². The zero-order chi connectivity index (χ0) is 11.5. The van der Waals surface area contributed by atoms with Gasteiger partial charge in [-0.3, -0.25) is 0 Å². The van der Waals surface area contributed by atoms with E-state index in [-0.39, 0.29) is 6.10 Å². The Morgan fingerprint density at radius 3 is 2.00 bits per heavy atom. The number of ether oxygens (including phenoxy) is 2. The summed E-state index contributed by atoms with van der Waals surface area (Å²) in [5, 5.41) is 0. The normalized spacial score (nSPS) is 30.6. The Morgan fingerprint density at radius 1 is 1.13 bits per heavy atom. The molecule has 0 radical (unpaired) electrons. The van der Waals surface area contributed by atoms with Crippen LogP contribution in [0.25, 0.3) is 0 Å². The molecule has 6 heteroatoms. The summed E-state index contributed by atoms with van der Waals surface area (Å²) in [4.78, 5) is 0. The molecule has 0 aromatic carbocycles. The maximum atomic E-state index is 5.60. The first-order valence-electron chi connectivity index (χ1n) is 5.04. The second-order valence-electron chi connectivity index (χ2n) is 3.44. The summed E-state index contributed by atoms with van der Waals surface area (Å²) in [6, 6.07) is 0. The maximum Gasteiger partial charge on any atom is 0.565 e. The van der Waals surface area contributed by atoms with Crippen LogP contribution in [0.5, 0.6) is 0 Å². The molecule has 1 aliphatic heterocycles. The number of rotatable bonds is 7. The van der Waals surface area contributed by atoms with Crippen LogP contribution in [0, 0.1) is 0 Å². The van der Waals surface area contributed by atoms with Gasteiger partial charge in [-0.05, 0) is 6.42 Å². The topological polar surface area (TPSA) is 49.5 Å². The van der Waals surface area contributed by atoms with Crippen LogP contribution in [0.4, 0.5) is 0 Å². The van der Waals surface area contributed by atoms with Crippen LogP contribution in [-0.4, -0.2) is 48.8 Å². The minimum absolute atomic E-state index is 0.0130. The SMILES string of the molecule is CCCC1OC1(OC)[Si](OC)(OC)OC. The molecule has 1 aliphatic rings. The van der Waals surface area contributed by atoms with Gasteiger partial charge in [0, 0.05) is 28.4 Å². The van der Waals surface area contributed by atoms with Gasteiger partial charge in [-0.1, -0.05) is 13.3 Å². The van der Waals surface area contributed by atoms with Crippen LogP contribution < -0.4 is 0 Å². The molecule has 0 N–H and O–H groups in total. The van der Waals surface area contributed by atoms with Crippen molar-refractivity contribution in [2.45, 2.75) is 31.3 Å². The van der Waals surface area contributed by atoms with E-state index in [2.05, 4.69) is 6.92 Å². The van der Waals surface area contributed by atoms with Gasteiger partial charge in [-0.15, -0.1) is 0 Å². The summed E-state index contributed by atoms with van der Waals surface area (Å²) in [5.74, 6) is 0. The Kier molecular flexibility index (Phi) is 4.27. The molecule has 0 aliphatic carbocycles. The third-order valence-corrected chi connectivity index (χ3v) is 5.88. The van der Waals surface area contributed by atoms with Crippen LogP contribution in [0.2, 0.25) is 0 Å². The Bertz CT molecular complexity index is 200. The second-order valence-corrected chi connectivity index (χ2v) is 6.47. The minimum atomic E-state index is -2.88. The molecule has 90 valence electrons. The molecule has 2 unspecified atom stereocenters. The Labute approximate surface area is 92.0 Å². The predicted molar refractivity (Wildman–Crippen MR) is 56.3 cm³/mol. The first kappa shape index (κ1) is 13.1. The lowest BCUT2D eigenvalue weighted by Crippen LogP contribution is -2.59. The number of hydrogen-bond acceptors (Lipinski definition) is 5. The van der Waals surface area contributed by atoms with E-state index < -0.39 is 14.2 Å². The average Bonchev–Trinajstić information content (AvgIpc) is 2.98. The van der Waals surface area contributed by atoms with Crippen LogP contribution in [0.1, 0.15) is 19.8 Å². The Hall–Kier alpha value is 0.0169. The van der Waals surface area contributed by atoms with E-state index in [1.54, 1.807) is 28.4 Å². The van der Waals surface area contributed by atoms with Gasteiger partial charge in [0.25, 0.3) is 5.41 Å². The van der Waals surface area contributed by atoms with Gasteiger partial charge in [-0.2, -0.15) is 0 Å². The second kappa shape index (κ2) is 4.90. The molecular formula is C9H20O5Si. The van der Waals surface area contributed by atoms with Crippen molar-refractivity contribution in [3.63, 3.8) is 0 Å². The predicted octanol–water partition coefficient (Wildman–Crippen LogP) is 0.945. The Morgan fingerprint density at radius 2 is 1.67 bits per heavy atom. The molecule has 0 aromatic rings. The zero-order valence-electron chi connectivity index (χ0n) is 10.0. The fourth-order valence-electron chi connectivity index (χ4n) is 1.94. The standard InChI is InChI=1S/C9H20O5Si/c1-6-7-8-9(10-2,14-8)15(11-3,12-4)13-5/h8H,6-7H2,1-5H3. The summed E-state index contributed by atoms with van der Waals surface area (Å²) < 4.78 is 27.1. The zero-order valence-corrected chi connectivity index (χ0v) is 11.0. The third-order valence-electron chi connectivity index (χ3n) is 2.77. The molecule has 1 saturated heterocycles.